The molecule has 0 bridgehead atoms. The summed E-state index contributed by atoms with van der Waals surface area (Å²) in [5.41, 5.74) is 0. The molecule has 5 nitrogen and oxygen atoms in total. The van der Waals surface area contributed by atoms with Gasteiger partial charge in [-0.15, -0.1) is 0 Å². The number of hydrogen-bond donors (Lipinski definition) is 1. The van der Waals surface area contributed by atoms with Crippen molar-refractivity contribution in [3.63, 3.8) is 0 Å². The Morgan fingerprint density at radius 3 is 2.95 bits per heavy atom. The van der Waals surface area contributed by atoms with E-state index in [1.54, 1.807) is 6.07 Å². The van der Waals surface area contributed by atoms with E-state index in [-0.39, 0.29) is 5.91 Å². The van der Waals surface area contributed by atoms with E-state index >= 15 is 0 Å². The van der Waals surface area contributed by atoms with Crippen molar-refractivity contribution in [2.45, 2.75) is 32.2 Å². The Morgan fingerprint density at radius 1 is 1.33 bits per heavy atom. The molecule has 0 aromatic carbocycles. The first-order chi connectivity index (χ1) is 10.3. The quantitative estimate of drug-likeness (QED) is 0.871. The largest absolute Gasteiger partial charge is 0.455 e. The van der Waals surface area contributed by atoms with E-state index in [1.807, 2.05) is 6.07 Å². The van der Waals surface area contributed by atoms with Gasteiger partial charge in [0.15, 0.2) is 5.76 Å². The maximum atomic E-state index is 12.0. The average Bonchev–Trinajstić information content (AvgIpc) is 3.20. The molecule has 2 fully saturated rings. The van der Waals surface area contributed by atoms with Crippen molar-refractivity contribution in [2.24, 2.45) is 5.92 Å². The predicted molar refractivity (Wildman–Crippen MR) is 79.1 cm³/mol. The van der Waals surface area contributed by atoms with Crippen LogP contribution in [0, 0.1) is 5.92 Å². The SMILES string of the molecule is O=C(NCCC1CCOC1)c1ccc(CN2CCCC2)o1. The number of carbonyl (C=O) groups excluding carboxylic acids is 1. The topological polar surface area (TPSA) is 54.7 Å². The Hall–Kier alpha value is -1.33. The molecule has 1 atom stereocenters. The van der Waals surface area contributed by atoms with Gasteiger partial charge in [-0.25, -0.2) is 0 Å². The highest BCUT2D eigenvalue weighted by Gasteiger charge is 2.18. The van der Waals surface area contributed by atoms with Crippen LogP contribution in [0.25, 0.3) is 0 Å². The van der Waals surface area contributed by atoms with Gasteiger partial charge < -0.3 is 14.5 Å². The number of ether oxygens (including phenoxy) is 1. The fourth-order valence-electron chi connectivity index (χ4n) is 3.03. The van der Waals surface area contributed by atoms with Gasteiger partial charge in [0.2, 0.25) is 0 Å². The van der Waals surface area contributed by atoms with E-state index in [0.717, 1.165) is 51.4 Å². The van der Waals surface area contributed by atoms with Crippen LogP contribution in [-0.4, -0.2) is 43.7 Å². The van der Waals surface area contributed by atoms with Gasteiger partial charge >= 0.3 is 0 Å². The van der Waals surface area contributed by atoms with Gasteiger partial charge in [-0.3, -0.25) is 9.69 Å². The first-order valence-corrected chi connectivity index (χ1v) is 7.98. The lowest BCUT2D eigenvalue weighted by Gasteiger charge is -2.11. The minimum atomic E-state index is -0.110. The van der Waals surface area contributed by atoms with Crippen LogP contribution in [0.15, 0.2) is 16.5 Å². The number of nitrogens with zero attached hydrogens (tertiary/aromatic N) is 1. The van der Waals surface area contributed by atoms with E-state index in [1.165, 1.54) is 12.8 Å². The van der Waals surface area contributed by atoms with Crippen LogP contribution in [0.5, 0.6) is 0 Å². The van der Waals surface area contributed by atoms with Crippen LogP contribution in [0.3, 0.4) is 0 Å². The molecule has 21 heavy (non-hydrogen) atoms. The molecule has 1 N–H and O–H groups in total. The van der Waals surface area contributed by atoms with E-state index in [9.17, 15) is 4.79 Å². The number of hydrogen-bond acceptors (Lipinski definition) is 4. The summed E-state index contributed by atoms with van der Waals surface area (Å²) in [4.78, 5) is 14.4. The summed E-state index contributed by atoms with van der Waals surface area (Å²) in [7, 11) is 0. The van der Waals surface area contributed by atoms with Crippen LogP contribution in [0.1, 0.15) is 42.0 Å². The molecule has 0 radical (unpaired) electrons. The molecule has 5 heteroatoms. The van der Waals surface area contributed by atoms with E-state index < -0.39 is 0 Å². The van der Waals surface area contributed by atoms with Crippen LogP contribution in [-0.2, 0) is 11.3 Å². The van der Waals surface area contributed by atoms with Gasteiger partial charge in [-0.2, -0.15) is 0 Å². The molecule has 116 valence electrons. The van der Waals surface area contributed by atoms with Gasteiger partial charge in [0.1, 0.15) is 5.76 Å². The van der Waals surface area contributed by atoms with E-state index in [2.05, 4.69) is 10.2 Å². The van der Waals surface area contributed by atoms with Gasteiger partial charge in [-0.1, -0.05) is 0 Å². The Balaban J connectivity index is 1.42. The molecule has 1 aromatic heterocycles. The summed E-state index contributed by atoms with van der Waals surface area (Å²) in [6.45, 7) is 5.45. The fourth-order valence-corrected chi connectivity index (χ4v) is 3.03. The molecule has 3 rings (SSSR count). The van der Waals surface area contributed by atoms with Gasteiger partial charge in [0.05, 0.1) is 6.54 Å². The maximum Gasteiger partial charge on any atom is 0.286 e. The first kappa shape index (κ1) is 14.6. The van der Waals surface area contributed by atoms with Crippen molar-refractivity contribution in [1.82, 2.24) is 10.2 Å². The van der Waals surface area contributed by atoms with Gasteiger partial charge in [-0.05, 0) is 56.8 Å². The monoisotopic (exact) mass is 292 g/mol. The second-order valence-electron chi connectivity index (χ2n) is 6.02. The highest BCUT2D eigenvalue weighted by atomic mass is 16.5. The standard InChI is InChI=1S/C16H24N2O3/c19-16(17-7-5-13-6-10-20-12-13)15-4-3-14(21-15)11-18-8-1-2-9-18/h3-4,13H,1-2,5-12H2,(H,17,19). The molecule has 3 heterocycles. The van der Waals surface area contributed by atoms with Gasteiger partial charge in [0.25, 0.3) is 5.91 Å². The van der Waals surface area contributed by atoms with E-state index in [0.29, 0.717) is 18.2 Å². The summed E-state index contributed by atoms with van der Waals surface area (Å²) in [5, 5.41) is 2.93. The molecule has 2 saturated heterocycles. The van der Waals surface area contributed by atoms with Crippen LogP contribution in [0.4, 0.5) is 0 Å². The average molecular weight is 292 g/mol. The van der Waals surface area contributed by atoms with Crippen LogP contribution < -0.4 is 5.32 Å². The third-order valence-corrected chi connectivity index (χ3v) is 4.33. The fraction of sp³-hybridized carbons (Fsp3) is 0.688. The molecular formula is C16H24N2O3. The Morgan fingerprint density at radius 2 is 2.19 bits per heavy atom. The minimum absolute atomic E-state index is 0.110. The molecule has 0 spiro atoms. The first-order valence-electron chi connectivity index (χ1n) is 7.98. The van der Waals surface area contributed by atoms with Crippen molar-refractivity contribution in [3.05, 3.63) is 23.7 Å². The predicted octanol–water partition coefficient (Wildman–Crippen LogP) is 2.03. The number of likely N-dealkylation sites (tertiary alicyclic amines) is 1. The minimum Gasteiger partial charge on any atom is -0.455 e. The third kappa shape index (κ3) is 4.08. The summed E-state index contributed by atoms with van der Waals surface area (Å²) in [6, 6.07) is 3.69. The smallest absolute Gasteiger partial charge is 0.286 e. The number of amides is 1. The highest BCUT2D eigenvalue weighted by molar-refractivity contribution is 5.91. The van der Waals surface area contributed by atoms with Crippen molar-refractivity contribution < 1.29 is 13.9 Å². The number of furan rings is 1. The Bertz CT molecular complexity index is 460. The van der Waals surface area contributed by atoms with Gasteiger partial charge in [0, 0.05) is 19.8 Å². The third-order valence-electron chi connectivity index (χ3n) is 4.33. The van der Waals surface area contributed by atoms with Crippen LogP contribution in [0.2, 0.25) is 0 Å². The molecular weight excluding hydrogens is 268 g/mol. The Kier molecular flexibility index (Phi) is 4.93. The zero-order chi connectivity index (χ0) is 14.5. The number of nitrogens with one attached hydrogen (secondary N) is 1. The maximum absolute atomic E-state index is 12.0. The number of rotatable bonds is 6. The molecule has 1 aromatic rings. The Labute approximate surface area is 125 Å². The van der Waals surface area contributed by atoms with Crippen molar-refractivity contribution >= 4 is 5.91 Å². The molecule has 0 aliphatic carbocycles. The number of carbonyl (C=O) groups is 1. The molecule has 2 aliphatic heterocycles. The second-order valence-corrected chi connectivity index (χ2v) is 6.02. The molecule has 1 unspecified atom stereocenters. The van der Waals surface area contributed by atoms with Crippen molar-refractivity contribution in [3.8, 4) is 0 Å². The molecule has 0 saturated carbocycles. The molecule has 2 aliphatic rings. The highest BCUT2D eigenvalue weighted by Crippen LogP contribution is 2.16. The summed E-state index contributed by atoms with van der Waals surface area (Å²) >= 11 is 0. The lowest BCUT2D eigenvalue weighted by Crippen LogP contribution is -2.25. The van der Waals surface area contributed by atoms with Crippen molar-refractivity contribution in [1.29, 1.82) is 0 Å². The summed E-state index contributed by atoms with van der Waals surface area (Å²) in [6.07, 6.45) is 4.61. The lowest BCUT2D eigenvalue weighted by atomic mass is 10.1. The zero-order valence-corrected chi connectivity index (χ0v) is 12.5. The lowest BCUT2D eigenvalue weighted by molar-refractivity contribution is 0.0919. The second kappa shape index (κ2) is 7.09. The normalized spacial score (nSPS) is 22.8. The van der Waals surface area contributed by atoms with Crippen LogP contribution >= 0.6 is 0 Å². The molecule has 1 amide bonds. The van der Waals surface area contributed by atoms with E-state index in [4.69, 9.17) is 9.15 Å². The summed E-state index contributed by atoms with van der Waals surface area (Å²) < 4.78 is 11.0. The zero-order valence-electron chi connectivity index (χ0n) is 12.5. The van der Waals surface area contributed by atoms with Crippen molar-refractivity contribution in [2.75, 3.05) is 32.8 Å². The summed E-state index contributed by atoms with van der Waals surface area (Å²) in [5.74, 6) is 1.78.